The number of hydrogen-bond acceptors (Lipinski definition) is 2. The van der Waals surface area contributed by atoms with Gasteiger partial charge in [0.25, 0.3) is 11.8 Å². The van der Waals surface area contributed by atoms with Crippen LogP contribution in [0.3, 0.4) is 0 Å². The maximum Gasteiger partial charge on any atom is 0.258 e. The molecule has 2 aromatic rings. The first kappa shape index (κ1) is 9.78. The van der Waals surface area contributed by atoms with Gasteiger partial charge in [-0.1, -0.05) is 42.5 Å². The zero-order chi connectivity index (χ0) is 11.8. The van der Waals surface area contributed by atoms with Crippen LogP contribution in [0.1, 0.15) is 5.56 Å². The molecule has 0 bridgehead atoms. The molecule has 0 spiro atoms. The van der Waals surface area contributed by atoms with E-state index in [0.29, 0.717) is 5.57 Å². The standard InChI is InChI=1S/C14H9NO2/c16-13-8-12(14(17)15-13)11-7-3-5-9-4-1-2-6-10(9)11/h1-8H,(H,15,16,17). The van der Waals surface area contributed by atoms with E-state index in [4.69, 9.17) is 0 Å². The third-order valence-corrected chi connectivity index (χ3v) is 2.84. The van der Waals surface area contributed by atoms with E-state index in [2.05, 4.69) is 5.32 Å². The molecular formula is C14H9NO2. The lowest BCUT2D eigenvalue weighted by Gasteiger charge is -2.05. The fourth-order valence-corrected chi connectivity index (χ4v) is 2.07. The first-order valence-corrected chi connectivity index (χ1v) is 5.31. The molecule has 0 aromatic heterocycles. The normalized spacial score (nSPS) is 14.9. The summed E-state index contributed by atoms with van der Waals surface area (Å²) in [5.74, 6) is -0.677. The third-order valence-electron chi connectivity index (χ3n) is 2.84. The smallest absolute Gasteiger partial charge is 0.258 e. The summed E-state index contributed by atoms with van der Waals surface area (Å²) in [7, 11) is 0. The number of benzene rings is 2. The Hall–Kier alpha value is -2.42. The maximum atomic E-state index is 11.6. The van der Waals surface area contributed by atoms with Gasteiger partial charge in [-0.15, -0.1) is 0 Å². The highest BCUT2D eigenvalue weighted by Gasteiger charge is 2.23. The lowest BCUT2D eigenvalue weighted by atomic mass is 9.98. The van der Waals surface area contributed by atoms with Gasteiger partial charge in [0.2, 0.25) is 0 Å². The van der Waals surface area contributed by atoms with Crippen molar-refractivity contribution in [2.75, 3.05) is 0 Å². The molecule has 0 atom stereocenters. The predicted octanol–water partition coefficient (Wildman–Crippen LogP) is 1.88. The van der Waals surface area contributed by atoms with E-state index in [1.165, 1.54) is 6.08 Å². The van der Waals surface area contributed by atoms with E-state index in [-0.39, 0.29) is 11.8 Å². The zero-order valence-corrected chi connectivity index (χ0v) is 8.94. The Bertz CT molecular complexity index is 665. The summed E-state index contributed by atoms with van der Waals surface area (Å²) in [6.45, 7) is 0. The average molecular weight is 223 g/mol. The Kier molecular flexibility index (Phi) is 2.05. The van der Waals surface area contributed by atoms with Crippen molar-refractivity contribution in [3.63, 3.8) is 0 Å². The summed E-state index contributed by atoms with van der Waals surface area (Å²) < 4.78 is 0. The van der Waals surface area contributed by atoms with E-state index in [1.54, 1.807) is 0 Å². The van der Waals surface area contributed by atoms with Crippen LogP contribution in [0.15, 0.2) is 48.5 Å². The van der Waals surface area contributed by atoms with Crippen LogP contribution in [0.4, 0.5) is 0 Å². The van der Waals surface area contributed by atoms with Crippen molar-refractivity contribution in [3.05, 3.63) is 54.1 Å². The molecule has 2 aromatic carbocycles. The second-order valence-electron chi connectivity index (χ2n) is 3.90. The number of nitrogens with one attached hydrogen (secondary N) is 1. The fourth-order valence-electron chi connectivity index (χ4n) is 2.07. The zero-order valence-electron chi connectivity index (χ0n) is 8.94. The van der Waals surface area contributed by atoms with E-state index in [0.717, 1.165) is 16.3 Å². The van der Waals surface area contributed by atoms with Gasteiger partial charge < -0.3 is 0 Å². The molecule has 1 N–H and O–H groups in total. The second-order valence-corrected chi connectivity index (χ2v) is 3.90. The van der Waals surface area contributed by atoms with Gasteiger partial charge in [-0.05, 0) is 16.3 Å². The topological polar surface area (TPSA) is 46.2 Å². The van der Waals surface area contributed by atoms with Crippen molar-refractivity contribution >= 4 is 28.2 Å². The van der Waals surface area contributed by atoms with Crippen molar-refractivity contribution < 1.29 is 9.59 Å². The molecule has 3 nitrogen and oxygen atoms in total. The lowest BCUT2D eigenvalue weighted by Crippen LogP contribution is -2.21. The third kappa shape index (κ3) is 1.52. The Morgan fingerprint density at radius 3 is 2.41 bits per heavy atom. The average Bonchev–Trinajstić information content (AvgIpc) is 2.68. The molecule has 17 heavy (non-hydrogen) atoms. The van der Waals surface area contributed by atoms with Gasteiger partial charge in [0.1, 0.15) is 0 Å². The maximum absolute atomic E-state index is 11.6. The van der Waals surface area contributed by atoms with Crippen LogP contribution < -0.4 is 5.32 Å². The molecule has 0 saturated carbocycles. The minimum absolute atomic E-state index is 0.327. The monoisotopic (exact) mass is 223 g/mol. The van der Waals surface area contributed by atoms with Gasteiger partial charge in [-0.2, -0.15) is 0 Å². The molecule has 0 fully saturated rings. The minimum Gasteiger partial charge on any atom is -0.289 e. The van der Waals surface area contributed by atoms with Gasteiger partial charge in [-0.25, -0.2) is 0 Å². The van der Waals surface area contributed by atoms with Crippen LogP contribution in [0, 0.1) is 0 Å². The quantitative estimate of drug-likeness (QED) is 0.750. The molecule has 3 rings (SSSR count). The van der Waals surface area contributed by atoms with Crippen molar-refractivity contribution in [1.82, 2.24) is 5.32 Å². The molecule has 1 aliphatic rings. The van der Waals surface area contributed by atoms with Crippen molar-refractivity contribution in [2.24, 2.45) is 0 Å². The van der Waals surface area contributed by atoms with Gasteiger partial charge in [-0.3, -0.25) is 14.9 Å². The molecular weight excluding hydrogens is 214 g/mol. The summed E-state index contributed by atoms with van der Waals surface area (Å²) in [5.41, 5.74) is 1.23. The number of amides is 2. The van der Waals surface area contributed by atoms with Gasteiger partial charge in [0.05, 0.1) is 5.57 Å². The van der Waals surface area contributed by atoms with E-state index >= 15 is 0 Å². The van der Waals surface area contributed by atoms with Crippen LogP contribution in [-0.4, -0.2) is 11.8 Å². The van der Waals surface area contributed by atoms with Crippen LogP contribution in [-0.2, 0) is 9.59 Å². The number of carbonyl (C=O) groups excluding carboxylic acids is 2. The Morgan fingerprint density at radius 1 is 0.882 bits per heavy atom. The molecule has 0 saturated heterocycles. The van der Waals surface area contributed by atoms with E-state index < -0.39 is 0 Å². The summed E-state index contributed by atoms with van der Waals surface area (Å²) >= 11 is 0. The van der Waals surface area contributed by atoms with Crippen LogP contribution >= 0.6 is 0 Å². The molecule has 82 valence electrons. The highest BCUT2D eigenvalue weighted by molar-refractivity contribution is 6.35. The summed E-state index contributed by atoms with van der Waals surface area (Å²) in [6.07, 6.45) is 1.35. The number of hydrogen-bond donors (Lipinski definition) is 1. The van der Waals surface area contributed by atoms with Crippen LogP contribution in [0.2, 0.25) is 0 Å². The Morgan fingerprint density at radius 2 is 1.65 bits per heavy atom. The fraction of sp³-hybridized carbons (Fsp3) is 0. The molecule has 0 radical (unpaired) electrons. The molecule has 1 heterocycles. The summed E-state index contributed by atoms with van der Waals surface area (Å²) in [5, 5.41) is 4.29. The summed E-state index contributed by atoms with van der Waals surface area (Å²) in [4.78, 5) is 22.8. The molecule has 1 aliphatic heterocycles. The Balaban J connectivity index is 2.28. The largest absolute Gasteiger partial charge is 0.289 e. The van der Waals surface area contributed by atoms with Gasteiger partial charge in [0.15, 0.2) is 0 Å². The first-order chi connectivity index (χ1) is 8.25. The molecule has 2 amide bonds. The molecule has 3 heteroatoms. The van der Waals surface area contributed by atoms with Crippen molar-refractivity contribution in [3.8, 4) is 0 Å². The lowest BCUT2D eigenvalue weighted by molar-refractivity contribution is -0.123. The number of imide groups is 1. The van der Waals surface area contributed by atoms with Gasteiger partial charge >= 0.3 is 0 Å². The first-order valence-electron chi connectivity index (χ1n) is 5.31. The number of fused-ring (bicyclic) bond motifs is 1. The minimum atomic E-state index is -0.349. The predicted molar refractivity (Wildman–Crippen MR) is 65.1 cm³/mol. The molecule has 0 unspecified atom stereocenters. The Labute approximate surface area is 97.8 Å². The van der Waals surface area contributed by atoms with Crippen LogP contribution in [0.25, 0.3) is 16.3 Å². The van der Waals surface area contributed by atoms with Crippen molar-refractivity contribution in [2.45, 2.75) is 0 Å². The highest BCUT2D eigenvalue weighted by Crippen LogP contribution is 2.26. The van der Waals surface area contributed by atoms with Gasteiger partial charge in [0, 0.05) is 6.08 Å². The highest BCUT2D eigenvalue weighted by atomic mass is 16.2. The SMILES string of the molecule is O=C1C=C(c2cccc3ccccc23)C(=O)N1. The van der Waals surface area contributed by atoms with E-state index in [1.807, 2.05) is 42.5 Å². The number of carbonyl (C=O) groups is 2. The van der Waals surface area contributed by atoms with Crippen LogP contribution in [0.5, 0.6) is 0 Å². The second kappa shape index (κ2) is 3.56. The van der Waals surface area contributed by atoms with Crippen molar-refractivity contribution in [1.29, 1.82) is 0 Å². The molecule has 0 aliphatic carbocycles. The number of rotatable bonds is 1. The summed E-state index contributed by atoms with van der Waals surface area (Å²) in [6, 6.07) is 13.5. The van der Waals surface area contributed by atoms with E-state index in [9.17, 15) is 9.59 Å².